The summed E-state index contributed by atoms with van der Waals surface area (Å²) in [6.07, 6.45) is -0.304. The quantitative estimate of drug-likeness (QED) is 0.316. The summed E-state index contributed by atoms with van der Waals surface area (Å²) in [5, 5.41) is 27.1. The maximum absolute atomic E-state index is 9.62. The Kier molecular flexibility index (Phi) is 14.7. The summed E-state index contributed by atoms with van der Waals surface area (Å²) in [7, 11) is 0. The smallest absolute Gasteiger partial charge is 0.0720 e. The van der Waals surface area contributed by atoms with Gasteiger partial charge in [-0.2, -0.15) is 47.9 Å². The van der Waals surface area contributed by atoms with Crippen LogP contribution in [0.2, 0.25) is 0 Å². The second kappa shape index (κ2) is 13.7. The zero-order valence-electron chi connectivity index (χ0n) is 9.83. The van der Waals surface area contributed by atoms with Crippen LogP contribution in [0.4, 0.5) is 0 Å². The first-order valence-electron chi connectivity index (χ1n) is 5.51. The predicted octanol–water partition coefficient (Wildman–Crippen LogP) is 0.830. The van der Waals surface area contributed by atoms with Crippen LogP contribution in [0.5, 0.6) is 0 Å². The zero-order valence-corrected chi connectivity index (χ0v) is 13.2. The molecule has 0 bridgehead atoms. The van der Waals surface area contributed by atoms with Gasteiger partial charge in [-0.15, -0.1) is 0 Å². The first-order valence-corrected chi connectivity index (χ1v) is 9.49. The van der Waals surface area contributed by atoms with Gasteiger partial charge in [0.25, 0.3) is 0 Å². The van der Waals surface area contributed by atoms with Crippen LogP contribution in [0.1, 0.15) is 0 Å². The maximum atomic E-state index is 9.62. The van der Waals surface area contributed by atoms with Gasteiger partial charge in [0, 0.05) is 39.8 Å². The third-order valence-corrected chi connectivity index (χ3v) is 6.03. The Hall–Kier alpha value is 1.28. The Labute approximate surface area is 122 Å². The van der Waals surface area contributed by atoms with Crippen molar-refractivity contribution < 1.29 is 15.3 Å². The van der Waals surface area contributed by atoms with Crippen molar-refractivity contribution in [2.75, 3.05) is 47.7 Å². The van der Waals surface area contributed by atoms with Crippen LogP contribution in [0.15, 0.2) is 0 Å². The first kappa shape index (κ1) is 18.3. The summed E-state index contributed by atoms with van der Waals surface area (Å²) in [6, 6.07) is 0. The Morgan fingerprint density at radius 2 is 1.29 bits per heavy atom. The number of thiol groups is 1. The summed E-state index contributed by atoms with van der Waals surface area (Å²) in [6.45, 7) is 0.393. The molecule has 17 heavy (non-hydrogen) atoms. The molecule has 0 amide bonds. The van der Waals surface area contributed by atoms with E-state index in [1.165, 1.54) is 0 Å². The molecule has 3 nitrogen and oxygen atoms in total. The topological polar surface area (TPSA) is 60.7 Å². The Morgan fingerprint density at radius 1 is 0.824 bits per heavy atom. The molecular formula is C10H22O3S4. The lowest BCUT2D eigenvalue weighted by molar-refractivity contribution is 0.225. The van der Waals surface area contributed by atoms with Crippen LogP contribution in [0, 0.1) is 0 Å². The van der Waals surface area contributed by atoms with E-state index in [2.05, 4.69) is 12.6 Å². The first-order chi connectivity index (χ1) is 8.20. The molecule has 0 fully saturated rings. The molecule has 0 radical (unpaired) electrons. The zero-order chi connectivity index (χ0) is 12.9. The van der Waals surface area contributed by atoms with Crippen molar-refractivity contribution in [3.05, 3.63) is 0 Å². The van der Waals surface area contributed by atoms with Crippen molar-refractivity contribution in [2.24, 2.45) is 0 Å². The molecule has 104 valence electrons. The van der Waals surface area contributed by atoms with Crippen molar-refractivity contribution in [3.63, 3.8) is 0 Å². The molecule has 0 aromatic heterocycles. The average Bonchev–Trinajstić information content (AvgIpc) is 2.30. The molecule has 0 rings (SSSR count). The predicted molar refractivity (Wildman–Crippen MR) is 84.9 cm³/mol. The van der Waals surface area contributed by atoms with E-state index in [-0.39, 0.29) is 19.3 Å². The van der Waals surface area contributed by atoms with E-state index < -0.39 is 0 Å². The molecule has 0 spiro atoms. The number of aliphatic hydroxyl groups is 3. The van der Waals surface area contributed by atoms with Gasteiger partial charge >= 0.3 is 0 Å². The van der Waals surface area contributed by atoms with Gasteiger partial charge in [-0.25, -0.2) is 0 Å². The molecule has 0 saturated heterocycles. The molecular weight excluding hydrogens is 296 g/mol. The summed E-state index contributed by atoms with van der Waals surface area (Å²) in [5.41, 5.74) is 0. The molecule has 0 aliphatic heterocycles. The van der Waals surface area contributed by atoms with Gasteiger partial charge in [0.05, 0.1) is 19.3 Å². The van der Waals surface area contributed by atoms with Gasteiger partial charge in [-0.1, -0.05) is 0 Å². The fourth-order valence-electron chi connectivity index (χ4n) is 1.00. The molecule has 3 N–H and O–H groups in total. The van der Waals surface area contributed by atoms with Crippen molar-refractivity contribution in [3.8, 4) is 0 Å². The van der Waals surface area contributed by atoms with E-state index in [9.17, 15) is 5.11 Å². The van der Waals surface area contributed by atoms with Crippen LogP contribution >= 0.6 is 47.9 Å². The number of aliphatic hydroxyl groups excluding tert-OH is 3. The molecule has 0 aromatic rings. The standard InChI is InChI=1S/C10H22O3S4/c11-1-3-15-5-9(13)6-17-8-10(14)7-16-4-2-12/h9-14H,1-8H2. The largest absolute Gasteiger partial charge is 0.396 e. The van der Waals surface area contributed by atoms with Crippen LogP contribution < -0.4 is 0 Å². The monoisotopic (exact) mass is 318 g/mol. The summed E-state index contributed by atoms with van der Waals surface area (Å²) in [5.74, 6) is 4.72. The third kappa shape index (κ3) is 13.5. The lowest BCUT2D eigenvalue weighted by Gasteiger charge is -2.12. The second-order valence-corrected chi connectivity index (χ2v) is 7.55. The Morgan fingerprint density at radius 3 is 1.88 bits per heavy atom. The highest BCUT2D eigenvalue weighted by Crippen LogP contribution is 2.15. The van der Waals surface area contributed by atoms with Gasteiger partial charge < -0.3 is 15.3 Å². The highest BCUT2D eigenvalue weighted by atomic mass is 32.2. The molecule has 2 unspecified atom stereocenters. The van der Waals surface area contributed by atoms with Crippen molar-refractivity contribution >= 4 is 47.9 Å². The molecule has 7 heteroatoms. The SMILES string of the molecule is OCCSCC(O)CSCC(S)CSCCO. The van der Waals surface area contributed by atoms with E-state index in [1.54, 1.807) is 35.3 Å². The number of hydrogen-bond acceptors (Lipinski definition) is 7. The molecule has 0 saturated carbocycles. The third-order valence-electron chi connectivity index (χ3n) is 1.71. The van der Waals surface area contributed by atoms with Gasteiger partial charge in [0.15, 0.2) is 0 Å². The molecule has 0 aromatic carbocycles. The second-order valence-electron chi connectivity index (χ2n) is 3.44. The van der Waals surface area contributed by atoms with Crippen molar-refractivity contribution in [1.82, 2.24) is 0 Å². The fraction of sp³-hybridized carbons (Fsp3) is 1.00. The van der Waals surface area contributed by atoms with Crippen molar-refractivity contribution in [1.29, 1.82) is 0 Å². The van der Waals surface area contributed by atoms with Crippen LogP contribution in [0.3, 0.4) is 0 Å². The Balaban J connectivity index is 3.29. The van der Waals surface area contributed by atoms with E-state index in [0.29, 0.717) is 16.8 Å². The lowest BCUT2D eigenvalue weighted by Crippen LogP contribution is -2.16. The van der Waals surface area contributed by atoms with E-state index in [4.69, 9.17) is 10.2 Å². The van der Waals surface area contributed by atoms with E-state index in [1.807, 2.05) is 0 Å². The minimum Gasteiger partial charge on any atom is -0.396 e. The molecule has 0 heterocycles. The van der Waals surface area contributed by atoms with Gasteiger partial charge in [-0.3, -0.25) is 0 Å². The van der Waals surface area contributed by atoms with Crippen LogP contribution in [-0.4, -0.2) is 74.4 Å². The van der Waals surface area contributed by atoms with Crippen LogP contribution in [-0.2, 0) is 0 Å². The van der Waals surface area contributed by atoms with Gasteiger partial charge in [0.2, 0.25) is 0 Å². The van der Waals surface area contributed by atoms with E-state index >= 15 is 0 Å². The normalized spacial score (nSPS) is 14.8. The average molecular weight is 319 g/mol. The summed E-state index contributed by atoms with van der Waals surface area (Å²) in [4.78, 5) is 0. The number of thioether (sulfide) groups is 3. The summed E-state index contributed by atoms with van der Waals surface area (Å²) >= 11 is 9.43. The Bertz CT molecular complexity index is 146. The number of rotatable bonds is 12. The minimum atomic E-state index is -0.304. The molecule has 0 aliphatic carbocycles. The maximum Gasteiger partial charge on any atom is 0.0720 e. The van der Waals surface area contributed by atoms with Crippen LogP contribution in [0.25, 0.3) is 0 Å². The van der Waals surface area contributed by atoms with E-state index in [0.717, 1.165) is 23.0 Å². The highest BCUT2D eigenvalue weighted by molar-refractivity contribution is 8.01. The summed E-state index contributed by atoms with van der Waals surface area (Å²) < 4.78 is 0. The minimum absolute atomic E-state index is 0.172. The molecule has 0 aliphatic rings. The van der Waals surface area contributed by atoms with Gasteiger partial charge in [-0.05, 0) is 0 Å². The van der Waals surface area contributed by atoms with Gasteiger partial charge in [0.1, 0.15) is 0 Å². The molecule has 2 atom stereocenters. The number of hydrogen-bond donors (Lipinski definition) is 4. The lowest BCUT2D eigenvalue weighted by atomic mass is 10.5. The van der Waals surface area contributed by atoms with Crippen molar-refractivity contribution in [2.45, 2.75) is 11.4 Å². The fourth-order valence-corrected chi connectivity index (χ4v) is 4.22. The highest BCUT2D eigenvalue weighted by Gasteiger charge is 2.07.